The number of hydrogen-bond acceptors (Lipinski definition) is 3. The minimum Gasteiger partial charge on any atom is -0.392 e. The molecule has 0 radical (unpaired) electrons. The predicted octanol–water partition coefficient (Wildman–Crippen LogP) is 2.74. The maximum Gasteiger partial charge on any atom is 0.137 e. The Morgan fingerprint density at radius 1 is 1.19 bits per heavy atom. The van der Waals surface area contributed by atoms with E-state index < -0.39 is 12.2 Å². The Morgan fingerprint density at radius 3 is 2.31 bits per heavy atom. The monoisotopic (exact) mass is 244 g/mol. The van der Waals surface area contributed by atoms with Gasteiger partial charge in [0.15, 0.2) is 0 Å². The summed E-state index contributed by atoms with van der Waals surface area (Å²) in [7, 11) is 0. The summed E-state index contributed by atoms with van der Waals surface area (Å²) in [6, 6.07) is 4.64. The van der Waals surface area contributed by atoms with Crippen LogP contribution in [-0.4, -0.2) is 21.6 Å². The fraction of sp³-hybridized carbons (Fsp3) is 0.500. The maximum absolute atomic E-state index is 13.6. The molecule has 0 saturated carbocycles. The Hall–Kier alpha value is -0.580. The fourth-order valence-electron chi connectivity index (χ4n) is 1.26. The second-order valence-corrected chi connectivity index (χ2v) is 5.29. The van der Waals surface area contributed by atoms with E-state index in [9.17, 15) is 14.6 Å². The summed E-state index contributed by atoms with van der Waals surface area (Å²) in [4.78, 5) is 0.422. The molecule has 0 aromatic heterocycles. The van der Waals surface area contributed by atoms with Gasteiger partial charge in [-0.1, -0.05) is 19.1 Å². The lowest BCUT2D eigenvalue weighted by atomic mass is 10.1. The molecular formula is C12H17FO2S. The summed E-state index contributed by atoms with van der Waals surface area (Å²) < 4.78 is 13.6. The molecule has 1 aromatic carbocycles. The van der Waals surface area contributed by atoms with Crippen molar-refractivity contribution in [2.45, 2.75) is 43.1 Å². The summed E-state index contributed by atoms with van der Waals surface area (Å²) in [6.45, 7) is 5.10. The molecule has 0 amide bonds. The topological polar surface area (TPSA) is 40.5 Å². The first kappa shape index (κ1) is 13.5. The molecule has 0 fully saturated rings. The molecule has 3 atom stereocenters. The number of benzene rings is 1. The summed E-state index contributed by atoms with van der Waals surface area (Å²) in [5.74, 6) is -0.351. The van der Waals surface area contributed by atoms with Crippen LogP contribution in [0.3, 0.4) is 0 Å². The van der Waals surface area contributed by atoms with Crippen molar-refractivity contribution < 1.29 is 14.6 Å². The van der Waals surface area contributed by atoms with Gasteiger partial charge in [0.25, 0.3) is 0 Å². The van der Waals surface area contributed by atoms with Gasteiger partial charge >= 0.3 is 0 Å². The van der Waals surface area contributed by atoms with E-state index in [0.29, 0.717) is 10.5 Å². The van der Waals surface area contributed by atoms with E-state index in [1.54, 1.807) is 26.0 Å². The van der Waals surface area contributed by atoms with Crippen molar-refractivity contribution in [2.24, 2.45) is 0 Å². The Bertz CT molecular complexity index is 353. The van der Waals surface area contributed by atoms with Gasteiger partial charge in [-0.2, -0.15) is 0 Å². The zero-order valence-electron chi connectivity index (χ0n) is 9.64. The summed E-state index contributed by atoms with van der Waals surface area (Å²) >= 11 is 1.25. The molecule has 1 rings (SSSR count). The van der Waals surface area contributed by atoms with Gasteiger partial charge in [0.2, 0.25) is 0 Å². The van der Waals surface area contributed by atoms with E-state index in [4.69, 9.17) is 0 Å². The average Bonchev–Trinajstić information content (AvgIpc) is 2.20. The zero-order valence-corrected chi connectivity index (χ0v) is 10.5. The third-order valence-electron chi connectivity index (χ3n) is 2.43. The van der Waals surface area contributed by atoms with Gasteiger partial charge in [-0.15, -0.1) is 11.8 Å². The van der Waals surface area contributed by atoms with Crippen molar-refractivity contribution in [3.63, 3.8) is 0 Å². The molecule has 0 aliphatic rings. The van der Waals surface area contributed by atoms with Crippen LogP contribution in [0, 0.1) is 5.82 Å². The lowest BCUT2D eigenvalue weighted by Crippen LogP contribution is -2.15. The number of thioether (sulfide) groups is 1. The Labute approximate surface area is 99.5 Å². The molecule has 0 spiro atoms. The molecule has 3 unspecified atom stereocenters. The third kappa shape index (κ3) is 3.20. The largest absolute Gasteiger partial charge is 0.392 e. The van der Waals surface area contributed by atoms with Crippen LogP contribution >= 0.6 is 11.8 Å². The molecule has 2 nitrogen and oxygen atoms in total. The first-order valence-electron chi connectivity index (χ1n) is 5.24. The van der Waals surface area contributed by atoms with E-state index in [1.165, 1.54) is 17.8 Å². The molecule has 16 heavy (non-hydrogen) atoms. The Balaban J connectivity index is 3.01. The highest BCUT2D eigenvalue weighted by atomic mass is 32.2. The molecule has 0 heterocycles. The minimum atomic E-state index is -0.709. The molecular weight excluding hydrogens is 227 g/mol. The number of rotatable bonds is 4. The first-order valence-corrected chi connectivity index (χ1v) is 6.12. The van der Waals surface area contributed by atoms with Gasteiger partial charge < -0.3 is 10.2 Å². The van der Waals surface area contributed by atoms with E-state index in [1.807, 2.05) is 6.92 Å². The summed E-state index contributed by atoms with van der Waals surface area (Å²) in [6.07, 6.45) is -1.23. The van der Waals surface area contributed by atoms with E-state index in [0.717, 1.165) is 0 Å². The minimum absolute atomic E-state index is 0.116. The van der Waals surface area contributed by atoms with Crippen molar-refractivity contribution in [1.29, 1.82) is 0 Å². The number of halogens is 1. The second-order valence-electron chi connectivity index (χ2n) is 3.90. The molecule has 0 saturated heterocycles. The highest BCUT2D eigenvalue weighted by Gasteiger charge is 2.18. The Morgan fingerprint density at radius 2 is 1.81 bits per heavy atom. The maximum atomic E-state index is 13.6. The Kier molecular flexibility index (Phi) is 4.77. The van der Waals surface area contributed by atoms with Crippen molar-refractivity contribution in [3.05, 3.63) is 29.6 Å². The average molecular weight is 244 g/mol. The number of aliphatic hydroxyl groups excluding tert-OH is 2. The molecule has 4 heteroatoms. The molecule has 90 valence electrons. The van der Waals surface area contributed by atoms with Gasteiger partial charge in [-0.05, 0) is 25.5 Å². The van der Waals surface area contributed by atoms with E-state index in [2.05, 4.69) is 0 Å². The standard InChI is InChI=1S/C12H17FO2S/c1-7(14)9(3)16-12-10(8(2)15)5-4-6-11(12)13/h4-9,14-15H,1-3H3. The predicted molar refractivity (Wildman–Crippen MR) is 64.0 cm³/mol. The third-order valence-corrected chi connectivity index (χ3v) is 3.86. The van der Waals surface area contributed by atoms with Crippen LogP contribution in [0.25, 0.3) is 0 Å². The zero-order chi connectivity index (χ0) is 12.3. The highest BCUT2D eigenvalue weighted by molar-refractivity contribution is 8.00. The highest BCUT2D eigenvalue weighted by Crippen LogP contribution is 2.33. The van der Waals surface area contributed by atoms with Crippen LogP contribution in [0.4, 0.5) is 4.39 Å². The molecule has 0 bridgehead atoms. The van der Waals surface area contributed by atoms with E-state index in [-0.39, 0.29) is 11.1 Å². The molecule has 1 aromatic rings. The number of aliphatic hydroxyl groups is 2. The second kappa shape index (κ2) is 5.66. The van der Waals surface area contributed by atoms with Gasteiger partial charge in [0, 0.05) is 10.1 Å². The van der Waals surface area contributed by atoms with Crippen LogP contribution in [-0.2, 0) is 0 Å². The van der Waals surface area contributed by atoms with Gasteiger partial charge in [-0.25, -0.2) is 4.39 Å². The van der Waals surface area contributed by atoms with Crippen LogP contribution < -0.4 is 0 Å². The van der Waals surface area contributed by atoms with Crippen molar-refractivity contribution in [1.82, 2.24) is 0 Å². The van der Waals surface area contributed by atoms with E-state index >= 15 is 0 Å². The smallest absolute Gasteiger partial charge is 0.137 e. The van der Waals surface area contributed by atoms with Crippen LogP contribution in [0.2, 0.25) is 0 Å². The SMILES string of the molecule is CC(O)c1cccc(F)c1SC(C)C(C)O. The summed E-state index contributed by atoms with van der Waals surface area (Å²) in [5.41, 5.74) is 0.567. The lowest BCUT2D eigenvalue weighted by molar-refractivity contribution is 0.193. The lowest BCUT2D eigenvalue weighted by Gasteiger charge is -2.18. The van der Waals surface area contributed by atoms with Crippen LogP contribution in [0.1, 0.15) is 32.4 Å². The summed E-state index contributed by atoms with van der Waals surface area (Å²) in [5, 5.41) is 18.8. The van der Waals surface area contributed by atoms with Crippen LogP contribution in [0.5, 0.6) is 0 Å². The van der Waals surface area contributed by atoms with Gasteiger partial charge in [-0.3, -0.25) is 0 Å². The molecule has 2 N–H and O–H groups in total. The quantitative estimate of drug-likeness (QED) is 0.800. The molecule has 0 aliphatic carbocycles. The van der Waals surface area contributed by atoms with Crippen molar-refractivity contribution in [2.75, 3.05) is 0 Å². The van der Waals surface area contributed by atoms with Crippen molar-refractivity contribution in [3.8, 4) is 0 Å². The normalized spacial score (nSPS) is 16.9. The van der Waals surface area contributed by atoms with Crippen LogP contribution in [0.15, 0.2) is 23.1 Å². The fourth-order valence-corrected chi connectivity index (χ4v) is 2.39. The van der Waals surface area contributed by atoms with Crippen molar-refractivity contribution >= 4 is 11.8 Å². The molecule has 0 aliphatic heterocycles. The van der Waals surface area contributed by atoms with Gasteiger partial charge in [0.1, 0.15) is 5.82 Å². The number of hydrogen-bond donors (Lipinski definition) is 2. The van der Waals surface area contributed by atoms with Gasteiger partial charge in [0.05, 0.1) is 12.2 Å². The first-order chi connectivity index (χ1) is 7.43.